The molecule has 0 saturated heterocycles. The first-order valence-corrected chi connectivity index (χ1v) is 9.55. The van der Waals surface area contributed by atoms with E-state index in [4.69, 9.17) is 15.2 Å². The predicted molar refractivity (Wildman–Crippen MR) is 117 cm³/mol. The molecule has 0 unspecified atom stereocenters. The number of anilines is 2. The van der Waals surface area contributed by atoms with E-state index in [1.54, 1.807) is 29.2 Å². The summed E-state index contributed by atoms with van der Waals surface area (Å²) in [7, 11) is 0. The Balaban J connectivity index is 2.04. The zero-order valence-electron chi connectivity index (χ0n) is 17.2. The molecular weight excluding hydrogens is 396 g/mol. The van der Waals surface area contributed by atoms with Crippen molar-refractivity contribution in [1.29, 1.82) is 0 Å². The quantitative estimate of drug-likeness (QED) is 0.369. The molecule has 0 aromatic heterocycles. The SMILES string of the molecule is CC(=O)Oc1ccc(C(=O)N(Cc2ccccc2)c2ccc(N)cc2)c(OC(C)=O)c1. The van der Waals surface area contributed by atoms with Gasteiger partial charge in [-0.3, -0.25) is 14.4 Å². The molecule has 1 amide bonds. The normalized spacial score (nSPS) is 10.3. The Morgan fingerprint density at radius 2 is 1.48 bits per heavy atom. The Labute approximate surface area is 180 Å². The molecule has 7 heteroatoms. The molecule has 3 aromatic rings. The Morgan fingerprint density at radius 1 is 0.839 bits per heavy atom. The molecule has 0 spiro atoms. The fourth-order valence-electron chi connectivity index (χ4n) is 2.99. The van der Waals surface area contributed by atoms with Crippen molar-refractivity contribution >= 4 is 29.2 Å². The lowest BCUT2D eigenvalue weighted by Crippen LogP contribution is -2.31. The number of rotatable bonds is 6. The minimum atomic E-state index is -0.601. The van der Waals surface area contributed by atoms with Crippen molar-refractivity contribution in [3.63, 3.8) is 0 Å². The van der Waals surface area contributed by atoms with E-state index in [9.17, 15) is 14.4 Å². The van der Waals surface area contributed by atoms with E-state index in [-0.39, 0.29) is 29.5 Å². The van der Waals surface area contributed by atoms with Gasteiger partial charge in [0.2, 0.25) is 0 Å². The van der Waals surface area contributed by atoms with Gasteiger partial charge in [0.05, 0.1) is 12.1 Å². The van der Waals surface area contributed by atoms with Crippen molar-refractivity contribution in [3.05, 3.63) is 83.9 Å². The Kier molecular flexibility index (Phi) is 6.67. The third-order valence-electron chi connectivity index (χ3n) is 4.33. The monoisotopic (exact) mass is 418 g/mol. The van der Waals surface area contributed by atoms with Crippen LogP contribution < -0.4 is 20.1 Å². The molecule has 3 rings (SSSR count). The van der Waals surface area contributed by atoms with E-state index < -0.39 is 11.9 Å². The van der Waals surface area contributed by atoms with E-state index in [1.807, 2.05) is 30.3 Å². The molecule has 0 atom stereocenters. The van der Waals surface area contributed by atoms with Crippen molar-refractivity contribution < 1.29 is 23.9 Å². The van der Waals surface area contributed by atoms with Gasteiger partial charge in [0, 0.05) is 31.3 Å². The highest BCUT2D eigenvalue weighted by atomic mass is 16.5. The van der Waals surface area contributed by atoms with Gasteiger partial charge < -0.3 is 20.1 Å². The lowest BCUT2D eigenvalue weighted by molar-refractivity contribution is -0.132. The Morgan fingerprint density at radius 3 is 2.10 bits per heavy atom. The van der Waals surface area contributed by atoms with E-state index in [0.29, 0.717) is 11.4 Å². The number of ether oxygens (including phenoxy) is 2. The molecule has 0 fully saturated rings. The summed E-state index contributed by atoms with van der Waals surface area (Å²) in [4.78, 5) is 38.0. The lowest BCUT2D eigenvalue weighted by Gasteiger charge is -2.24. The maximum Gasteiger partial charge on any atom is 0.308 e. The maximum absolute atomic E-state index is 13.6. The van der Waals surface area contributed by atoms with Crippen LogP contribution in [0.4, 0.5) is 11.4 Å². The number of carbonyl (C=O) groups excluding carboxylic acids is 3. The van der Waals surface area contributed by atoms with E-state index in [0.717, 1.165) is 5.56 Å². The molecule has 0 aliphatic heterocycles. The number of nitrogen functional groups attached to an aromatic ring is 1. The summed E-state index contributed by atoms with van der Waals surface area (Å²) in [5.41, 5.74) is 8.06. The Hall–Kier alpha value is -4.13. The summed E-state index contributed by atoms with van der Waals surface area (Å²) in [5, 5.41) is 0. The van der Waals surface area contributed by atoms with Gasteiger partial charge >= 0.3 is 11.9 Å². The number of benzene rings is 3. The second-order valence-corrected chi connectivity index (χ2v) is 6.81. The van der Waals surface area contributed by atoms with E-state index >= 15 is 0 Å². The average molecular weight is 418 g/mol. The van der Waals surface area contributed by atoms with Crippen LogP contribution in [0.3, 0.4) is 0 Å². The van der Waals surface area contributed by atoms with Crippen LogP contribution in [0, 0.1) is 0 Å². The predicted octanol–water partition coefficient (Wildman–Crippen LogP) is 3.97. The largest absolute Gasteiger partial charge is 0.427 e. The van der Waals surface area contributed by atoms with Gasteiger partial charge in [-0.1, -0.05) is 30.3 Å². The highest BCUT2D eigenvalue weighted by Gasteiger charge is 2.23. The number of amides is 1. The number of hydrogen-bond donors (Lipinski definition) is 1. The van der Waals surface area contributed by atoms with Crippen LogP contribution in [0.25, 0.3) is 0 Å². The molecule has 31 heavy (non-hydrogen) atoms. The van der Waals surface area contributed by atoms with Crippen LogP contribution in [0.2, 0.25) is 0 Å². The van der Waals surface area contributed by atoms with E-state index in [2.05, 4.69) is 0 Å². The molecule has 0 saturated carbocycles. The summed E-state index contributed by atoms with van der Waals surface area (Å²) >= 11 is 0. The minimum absolute atomic E-state index is 0.00440. The highest BCUT2D eigenvalue weighted by molar-refractivity contribution is 6.08. The van der Waals surface area contributed by atoms with Crippen molar-refractivity contribution in [2.75, 3.05) is 10.6 Å². The molecule has 158 valence electrons. The molecule has 0 aliphatic rings. The van der Waals surface area contributed by atoms with Gasteiger partial charge in [-0.05, 0) is 42.0 Å². The standard InChI is InChI=1S/C24H22N2O5/c1-16(27)30-21-12-13-22(23(14-21)31-17(2)28)24(29)26(15-18-6-4-3-5-7-18)20-10-8-19(25)9-11-20/h3-14H,15,25H2,1-2H3. The third-order valence-corrected chi connectivity index (χ3v) is 4.33. The lowest BCUT2D eigenvalue weighted by atomic mass is 10.1. The van der Waals surface area contributed by atoms with Gasteiger partial charge in [0.1, 0.15) is 11.5 Å². The minimum Gasteiger partial charge on any atom is -0.427 e. The summed E-state index contributed by atoms with van der Waals surface area (Å²) in [6, 6.07) is 20.7. The summed E-state index contributed by atoms with van der Waals surface area (Å²) < 4.78 is 10.3. The summed E-state index contributed by atoms with van der Waals surface area (Å²) in [6.45, 7) is 2.77. The second kappa shape index (κ2) is 9.58. The van der Waals surface area contributed by atoms with Crippen LogP contribution in [0.1, 0.15) is 29.8 Å². The fourth-order valence-corrected chi connectivity index (χ4v) is 2.99. The Bertz CT molecular complexity index is 1090. The van der Waals surface area contributed by atoms with E-state index in [1.165, 1.54) is 32.0 Å². The van der Waals surface area contributed by atoms with Crippen LogP contribution in [0.5, 0.6) is 11.5 Å². The maximum atomic E-state index is 13.6. The molecule has 2 N–H and O–H groups in total. The van der Waals surface area contributed by atoms with Crippen molar-refractivity contribution in [2.45, 2.75) is 20.4 Å². The van der Waals surface area contributed by atoms with Gasteiger partial charge in [0.15, 0.2) is 0 Å². The van der Waals surface area contributed by atoms with Crippen molar-refractivity contribution in [2.24, 2.45) is 0 Å². The topological polar surface area (TPSA) is 98.9 Å². The van der Waals surface area contributed by atoms with Crippen LogP contribution >= 0.6 is 0 Å². The van der Waals surface area contributed by atoms with Crippen LogP contribution in [-0.4, -0.2) is 17.8 Å². The molecule has 0 heterocycles. The molecule has 7 nitrogen and oxygen atoms in total. The van der Waals surface area contributed by atoms with Gasteiger partial charge in [-0.15, -0.1) is 0 Å². The zero-order chi connectivity index (χ0) is 22.4. The first-order chi connectivity index (χ1) is 14.8. The first-order valence-electron chi connectivity index (χ1n) is 9.55. The number of carbonyl (C=O) groups is 3. The zero-order valence-corrected chi connectivity index (χ0v) is 17.2. The number of esters is 2. The number of nitrogens with zero attached hydrogens (tertiary/aromatic N) is 1. The molecule has 0 aliphatic carbocycles. The van der Waals surface area contributed by atoms with Gasteiger partial charge in [-0.25, -0.2) is 0 Å². The van der Waals surface area contributed by atoms with Crippen LogP contribution in [-0.2, 0) is 16.1 Å². The number of hydrogen-bond acceptors (Lipinski definition) is 6. The van der Waals surface area contributed by atoms with Crippen molar-refractivity contribution in [3.8, 4) is 11.5 Å². The molecule has 0 bridgehead atoms. The molecule has 0 radical (unpaired) electrons. The first kappa shape index (κ1) is 21.6. The van der Waals surface area contributed by atoms with Crippen molar-refractivity contribution in [1.82, 2.24) is 0 Å². The fraction of sp³-hybridized carbons (Fsp3) is 0.125. The average Bonchev–Trinajstić information content (AvgIpc) is 2.72. The summed E-state index contributed by atoms with van der Waals surface area (Å²) in [6.07, 6.45) is 0. The van der Waals surface area contributed by atoms with Gasteiger partial charge in [-0.2, -0.15) is 0 Å². The molecule has 3 aromatic carbocycles. The second-order valence-electron chi connectivity index (χ2n) is 6.81. The molecular formula is C24H22N2O5. The van der Waals surface area contributed by atoms with Crippen LogP contribution in [0.15, 0.2) is 72.8 Å². The third kappa shape index (κ3) is 5.70. The number of nitrogens with two attached hydrogens (primary N) is 1. The summed E-state index contributed by atoms with van der Waals surface area (Å²) in [5.74, 6) is -1.34. The highest BCUT2D eigenvalue weighted by Crippen LogP contribution is 2.29. The van der Waals surface area contributed by atoms with Gasteiger partial charge in [0.25, 0.3) is 5.91 Å². The smallest absolute Gasteiger partial charge is 0.308 e.